The van der Waals surface area contributed by atoms with Gasteiger partial charge in [-0.05, 0) is 43.7 Å². The molecule has 1 aliphatic heterocycles. The summed E-state index contributed by atoms with van der Waals surface area (Å²) < 4.78 is 0. The molecule has 0 spiro atoms. The van der Waals surface area contributed by atoms with Crippen LogP contribution >= 0.6 is 11.6 Å². The second-order valence-corrected chi connectivity index (χ2v) is 6.69. The Bertz CT molecular complexity index is 493. The molecule has 1 amide bonds. The molecule has 2 aliphatic rings. The molecule has 1 saturated carbocycles. The van der Waals surface area contributed by atoms with Gasteiger partial charge in [-0.1, -0.05) is 11.6 Å². The highest BCUT2D eigenvalue weighted by Crippen LogP contribution is 2.31. The van der Waals surface area contributed by atoms with Crippen LogP contribution in [-0.4, -0.2) is 42.5 Å². The van der Waals surface area contributed by atoms with E-state index in [1.165, 1.54) is 0 Å². The molecule has 1 aromatic rings. The van der Waals surface area contributed by atoms with E-state index in [0.29, 0.717) is 22.8 Å². The van der Waals surface area contributed by atoms with Crippen molar-refractivity contribution < 1.29 is 4.79 Å². The van der Waals surface area contributed by atoms with Gasteiger partial charge in [0.25, 0.3) is 0 Å². The Morgan fingerprint density at radius 1 is 1.33 bits per heavy atom. The lowest BCUT2D eigenvalue weighted by molar-refractivity contribution is -0.131. The van der Waals surface area contributed by atoms with Crippen molar-refractivity contribution in [3.63, 3.8) is 0 Å². The summed E-state index contributed by atoms with van der Waals surface area (Å²) in [7, 11) is 1.95. The molecule has 1 aliphatic carbocycles. The third kappa shape index (κ3) is 3.67. The lowest BCUT2D eigenvalue weighted by atomic mass is 9.96. The van der Waals surface area contributed by atoms with Crippen molar-refractivity contribution in [1.82, 2.24) is 9.88 Å². The average Bonchev–Trinajstić information content (AvgIpc) is 3.33. The van der Waals surface area contributed by atoms with Gasteiger partial charge in [-0.3, -0.25) is 4.79 Å². The average molecular weight is 308 g/mol. The maximum Gasteiger partial charge on any atom is 0.225 e. The van der Waals surface area contributed by atoms with Crippen molar-refractivity contribution in [3.8, 4) is 0 Å². The molecule has 0 atom stereocenters. The minimum atomic E-state index is 0.327. The quantitative estimate of drug-likeness (QED) is 0.858. The number of pyridine rings is 1. The molecular weight excluding hydrogens is 286 g/mol. The molecule has 4 nitrogen and oxygen atoms in total. The highest BCUT2D eigenvalue weighted by molar-refractivity contribution is 6.30. The molecule has 0 unspecified atom stereocenters. The number of carbonyl (C=O) groups excluding carboxylic acids is 1. The van der Waals surface area contributed by atoms with Crippen molar-refractivity contribution >= 4 is 23.3 Å². The summed E-state index contributed by atoms with van der Waals surface area (Å²) in [5.74, 6) is 2.28. The number of piperidine rings is 1. The van der Waals surface area contributed by atoms with Crippen LogP contribution in [0.5, 0.6) is 0 Å². The number of nitrogens with zero attached hydrogens (tertiary/aromatic N) is 3. The Balaban J connectivity index is 1.48. The van der Waals surface area contributed by atoms with Gasteiger partial charge in [0, 0.05) is 38.8 Å². The van der Waals surface area contributed by atoms with E-state index in [4.69, 9.17) is 11.6 Å². The van der Waals surface area contributed by atoms with Gasteiger partial charge >= 0.3 is 0 Å². The van der Waals surface area contributed by atoms with E-state index < -0.39 is 0 Å². The molecule has 0 N–H and O–H groups in total. The number of carbonyl (C=O) groups is 1. The minimum absolute atomic E-state index is 0.327. The van der Waals surface area contributed by atoms with E-state index in [1.54, 1.807) is 6.20 Å². The van der Waals surface area contributed by atoms with Crippen LogP contribution in [0.25, 0.3) is 0 Å². The van der Waals surface area contributed by atoms with Gasteiger partial charge in [0.2, 0.25) is 5.91 Å². The largest absolute Gasteiger partial charge is 0.357 e. The molecule has 0 bridgehead atoms. The molecule has 1 aromatic heterocycles. The molecule has 0 radical (unpaired) electrons. The van der Waals surface area contributed by atoms with Crippen LogP contribution in [0.15, 0.2) is 18.3 Å². The number of halogens is 1. The van der Waals surface area contributed by atoms with Crippen LogP contribution in [0.3, 0.4) is 0 Å². The van der Waals surface area contributed by atoms with Gasteiger partial charge in [-0.15, -0.1) is 0 Å². The van der Waals surface area contributed by atoms with Crippen molar-refractivity contribution in [2.45, 2.75) is 25.7 Å². The van der Waals surface area contributed by atoms with Gasteiger partial charge < -0.3 is 9.80 Å². The Morgan fingerprint density at radius 2 is 2.05 bits per heavy atom. The topological polar surface area (TPSA) is 36.4 Å². The standard InChI is InChI=1S/C16H22ClN3O/c1-19(16(21)13-2-3-13)11-12-6-8-20(9-7-12)15-5-4-14(17)10-18-15/h4-5,10,12-13H,2-3,6-9,11H2,1H3. The highest BCUT2D eigenvalue weighted by atomic mass is 35.5. The summed E-state index contributed by atoms with van der Waals surface area (Å²) in [5.41, 5.74) is 0. The first-order chi connectivity index (χ1) is 10.1. The molecule has 2 heterocycles. The van der Waals surface area contributed by atoms with E-state index >= 15 is 0 Å². The summed E-state index contributed by atoms with van der Waals surface area (Å²) in [4.78, 5) is 20.6. The van der Waals surface area contributed by atoms with E-state index in [2.05, 4.69) is 9.88 Å². The van der Waals surface area contributed by atoms with E-state index in [1.807, 2.05) is 24.1 Å². The van der Waals surface area contributed by atoms with Gasteiger partial charge in [0.05, 0.1) is 5.02 Å². The number of hydrogen-bond donors (Lipinski definition) is 0. The van der Waals surface area contributed by atoms with Crippen LogP contribution in [0.1, 0.15) is 25.7 Å². The molecular formula is C16H22ClN3O. The number of hydrogen-bond acceptors (Lipinski definition) is 3. The summed E-state index contributed by atoms with van der Waals surface area (Å²) in [6, 6.07) is 3.86. The predicted octanol–water partition coefficient (Wildman–Crippen LogP) is 2.82. The summed E-state index contributed by atoms with van der Waals surface area (Å²) in [5, 5.41) is 0.675. The van der Waals surface area contributed by atoms with Crippen molar-refractivity contribution in [2.75, 3.05) is 31.6 Å². The number of rotatable bonds is 4. The fourth-order valence-electron chi connectivity index (χ4n) is 3.02. The van der Waals surface area contributed by atoms with Crippen molar-refractivity contribution in [1.29, 1.82) is 0 Å². The van der Waals surface area contributed by atoms with Gasteiger partial charge in [-0.25, -0.2) is 4.98 Å². The maximum absolute atomic E-state index is 12.0. The molecule has 5 heteroatoms. The molecule has 0 aromatic carbocycles. The van der Waals surface area contributed by atoms with Crippen LogP contribution in [0.4, 0.5) is 5.82 Å². The minimum Gasteiger partial charge on any atom is -0.357 e. The van der Waals surface area contributed by atoms with E-state index in [9.17, 15) is 4.79 Å². The third-order valence-corrected chi connectivity index (χ3v) is 4.71. The monoisotopic (exact) mass is 307 g/mol. The summed E-state index contributed by atoms with van der Waals surface area (Å²) in [6.07, 6.45) is 6.11. The van der Waals surface area contributed by atoms with Crippen LogP contribution in [-0.2, 0) is 4.79 Å². The predicted molar refractivity (Wildman–Crippen MR) is 84.5 cm³/mol. The van der Waals surface area contributed by atoms with Gasteiger partial charge in [0.1, 0.15) is 5.82 Å². The van der Waals surface area contributed by atoms with Gasteiger partial charge in [-0.2, -0.15) is 0 Å². The van der Waals surface area contributed by atoms with Gasteiger partial charge in [0.15, 0.2) is 0 Å². The first kappa shape index (κ1) is 14.6. The molecule has 2 fully saturated rings. The number of anilines is 1. The van der Waals surface area contributed by atoms with E-state index in [0.717, 1.165) is 51.1 Å². The second-order valence-electron chi connectivity index (χ2n) is 6.26. The number of amides is 1. The van der Waals surface area contributed by atoms with Crippen LogP contribution < -0.4 is 4.90 Å². The molecule has 21 heavy (non-hydrogen) atoms. The third-order valence-electron chi connectivity index (χ3n) is 4.49. The fraction of sp³-hybridized carbons (Fsp3) is 0.625. The fourth-order valence-corrected chi connectivity index (χ4v) is 3.13. The summed E-state index contributed by atoms with van der Waals surface area (Å²) in [6.45, 7) is 2.91. The Labute approximate surface area is 131 Å². The first-order valence-electron chi connectivity index (χ1n) is 7.75. The zero-order valence-corrected chi connectivity index (χ0v) is 13.2. The Morgan fingerprint density at radius 3 is 2.62 bits per heavy atom. The maximum atomic E-state index is 12.0. The highest BCUT2D eigenvalue weighted by Gasteiger charge is 2.33. The van der Waals surface area contributed by atoms with Crippen LogP contribution in [0.2, 0.25) is 5.02 Å². The van der Waals surface area contributed by atoms with Crippen molar-refractivity contribution in [3.05, 3.63) is 23.4 Å². The van der Waals surface area contributed by atoms with Crippen LogP contribution in [0, 0.1) is 11.8 Å². The smallest absolute Gasteiger partial charge is 0.225 e. The van der Waals surface area contributed by atoms with E-state index in [-0.39, 0.29) is 0 Å². The molecule has 1 saturated heterocycles. The summed E-state index contributed by atoms with van der Waals surface area (Å²) >= 11 is 5.87. The Kier molecular flexibility index (Phi) is 4.34. The number of aromatic nitrogens is 1. The lowest BCUT2D eigenvalue weighted by Crippen LogP contribution is -2.40. The lowest BCUT2D eigenvalue weighted by Gasteiger charge is -2.34. The van der Waals surface area contributed by atoms with Crippen molar-refractivity contribution in [2.24, 2.45) is 11.8 Å². The molecule has 114 valence electrons. The zero-order valence-electron chi connectivity index (χ0n) is 12.5. The SMILES string of the molecule is CN(CC1CCN(c2ccc(Cl)cn2)CC1)C(=O)C1CC1. The molecule has 3 rings (SSSR count). The first-order valence-corrected chi connectivity index (χ1v) is 8.13. The normalized spacial score (nSPS) is 19.6. The second kappa shape index (κ2) is 6.22. The Hall–Kier alpha value is -1.29. The zero-order chi connectivity index (χ0) is 14.8.